The van der Waals surface area contributed by atoms with Gasteiger partial charge < -0.3 is 10.1 Å². The second kappa shape index (κ2) is 8.63. The average Bonchev–Trinajstić information content (AvgIpc) is 3.17. The molecular formula is C16H32N2O2. The van der Waals surface area contributed by atoms with Crippen LogP contribution in [-0.4, -0.2) is 48.7 Å². The summed E-state index contributed by atoms with van der Waals surface area (Å²) in [7, 11) is 0. The molecule has 0 aromatic carbocycles. The lowest BCUT2D eigenvalue weighted by molar-refractivity contribution is -0.132. The van der Waals surface area contributed by atoms with Gasteiger partial charge in [0.15, 0.2) is 0 Å². The maximum absolute atomic E-state index is 11.9. The summed E-state index contributed by atoms with van der Waals surface area (Å²) in [6.07, 6.45) is 3.27. The highest BCUT2D eigenvalue weighted by atomic mass is 16.5. The van der Waals surface area contributed by atoms with Crippen LogP contribution in [0.1, 0.15) is 53.9 Å². The van der Waals surface area contributed by atoms with Crippen molar-refractivity contribution < 1.29 is 9.53 Å². The number of ether oxygens (including phenoxy) is 1. The van der Waals surface area contributed by atoms with Crippen LogP contribution in [0.2, 0.25) is 0 Å². The zero-order chi connectivity index (χ0) is 15.1. The Morgan fingerprint density at radius 1 is 1.25 bits per heavy atom. The van der Waals surface area contributed by atoms with Crippen molar-refractivity contribution in [3.8, 4) is 0 Å². The fourth-order valence-electron chi connectivity index (χ4n) is 2.28. The van der Waals surface area contributed by atoms with Crippen molar-refractivity contribution in [3.05, 3.63) is 0 Å². The third-order valence-corrected chi connectivity index (χ3v) is 3.78. The molecule has 0 saturated heterocycles. The molecule has 1 unspecified atom stereocenters. The maximum Gasteiger partial charge on any atom is 0.248 e. The summed E-state index contributed by atoms with van der Waals surface area (Å²) in [5.41, 5.74) is 0. The molecular weight excluding hydrogens is 252 g/mol. The van der Waals surface area contributed by atoms with Crippen LogP contribution in [0.3, 0.4) is 0 Å². The first-order chi connectivity index (χ1) is 9.41. The Morgan fingerprint density at radius 2 is 1.90 bits per heavy atom. The number of nitrogens with one attached hydrogen (secondary N) is 1. The highest BCUT2D eigenvalue weighted by molar-refractivity contribution is 5.80. The van der Waals surface area contributed by atoms with E-state index in [2.05, 4.69) is 37.9 Å². The first-order valence-electron chi connectivity index (χ1n) is 8.06. The van der Waals surface area contributed by atoms with E-state index in [-0.39, 0.29) is 12.0 Å². The lowest BCUT2D eigenvalue weighted by Crippen LogP contribution is -2.42. The van der Waals surface area contributed by atoms with Gasteiger partial charge in [0.1, 0.15) is 6.10 Å². The molecule has 0 aromatic heterocycles. The van der Waals surface area contributed by atoms with Crippen LogP contribution < -0.4 is 5.32 Å². The van der Waals surface area contributed by atoms with E-state index in [9.17, 15) is 4.79 Å². The highest BCUT2D eigenvalue weighted by Crippen LogP contribution is 2.27. The smallest absolute Gasteiger partial charge is 0.248 e. The summed E-state index contributed by atoms with van der Waals surface area (Å²) in [5.74, 6) is 0.622. The van der Waals surface area contributed by atoms with Crippen molar-refractivity contribution in [2.24, 2.45) is 5.92 Å². The molecule has 1 atom stereocenters. The Labute approximate surface area is 124 Å². The molecule has 1 amide bonds. The molecule has 1 aliphatic rings. The second-order valence-corrected chi connectivity index (χ2v) is 6.55. The van der Waals surface area contributed by atoms with Crippen LogP contribution in [0.5, 0.6) is 0 Å². The fraction of sp³-hybridized carbons (Fsp3) is 0.938. The van der Waals surface area contributed by atoms with Crippen molar-refractivity contribution in [2.75, 3.05) is 19.7 Å². The topological polar surface area (TPSA) is 41.6 Å². The summed E-state index contributed by atoms with van der Waals surface area (Å²) >= 11 is 0. The van der Waals surface area contributed by atoms with Crippen LogP contribution in [-0.2, 0) is 9.53 Å². The first-order valence-corrected chi connectivity index (χ1v) is 8.06. The predicted molar refractivity (Wildman–Crippen MR) is 82.7 cm³/mol. The highest BCUT2D eigenvalue weighted by Gasteiger charge is 2.30. The Morgan fingerprint density at radius 3 is 2.40 bits per heavy atom. The Bertz CT molecular complexity index is 286. The number of amides is 1. The Hall–Kier alpha value is -0.610. The number of rotatable bonds is 10. The van der Waals surface area contributed by atoms with E-state index >= 15 is 0 Å². The van der Waals surface area contributed by atoms with Crippen LogP contribution in [0.4, 0.5) is 0 Å². The third-order valence-electron chi connectivity index (χ3n) is 3.78. The quantitative estimate of drug-likeness (QED) is 0.670. The molecule has 4 heteroatoms. The van der Waals surface area contributed by atoms with Gasteiger partial charge >= 0.3 is 0 Å². The van der Waals surface area contributed by atoms with E-state index in [1.54, 1.807) is 0 Å². The van der Waals surface area contributed by atoms with Crippen molar-refractivity contribution in [3.63, 3.8) is 0 Å². The molecule has 0 bridgehead atoms. The molecule has 0 aromatic rings. The third kappa shape index (κ3) is 6.71. The van der Waals surface area contributed by atoms with Crippen LogP contribution in [0.15, 0.2) is 0 Å². The van der Waals surface area contributed by atoms with Gasteiger partial charge in [0.25, 0.3) is 0 Å². The molecule has 118 valence electrons. The van der Waals surface area contributed by atoms with Gasteiger partial charge in [-0.25, -0.2) is 0 Å². The molecule has 1 rings (SSSR count). The molecule has 0 spiro atoms. The molecule has 4 nitrogen and oxygen atoms in total. The van der Waals surface area contributed by atoms with E-state index in [0.717, 1.165) is 19.0 Å². The second-order valence-electron chi connectivity index (χ2n) is 6.55. The van der Waals surface area contributed by atoms with Gasteiger partial charge in [-0.1, -0.05) is 13.8 Å². The predicted octanol–water partition coefficient (Wildman–Crippen LogP) is 2.43. The number of hydrogen-bond acceptors (Lipinski definition) is 3. The summed E-state index contributed by atoms with van der Waals surface area (Å²) in [4.78, 5) is 14.4. The summed E-state index contributed by atoms with van der Waals surface area (Å²) in [6, 6.07) is 1.30. The molecule has 1 aliphatic carbocycles. The van der Waals surface area contributed by atoms with Gasteiger partial charge in [0, 0.05) is 31.8 Å². The molecule has 1 saturated carbocycles. The standard InChI is InChI=1S/C16H32N2O2/c1-12(2)8-11-20-14(5)16(19)17-9-10-18(13(3)4)15-6-7-15/h12-15H,6-11H2,1-5H3,(H,17,19). The first kappa shape index (κ1) is 17.4. The minimum absolute atomic E-state index is 0.00765. The van der Waals surface area contributed by atoms with Gasteiger partial charge in [0.05, 0.1) is 0 Å². The van der Waals surface area contributed by atoms with Crippen molar-refractivity contribution in [1.29, 1.82) is 0 Å². The van der Waals surface area contributed by atoms with Gasteiger partial charge in [-0.2, -0.15) is 0 Å². The van der Waals surface area contributed by atoms with Gasteiger partial charge in [-0.15, -0.1) is 0 Å². The monoisotopic (exact) mass is 284 g/mol. The zero-order valence-electron chi connectivity index (χ0n) is 13.8. The normalized spacial score (nSPS) is 17.0. The van der Waals surface area contributed by atoms with E-state index in [4.69, 9.17) is 4.74 Å². The van der Waals surface area contributed by atoms with Crippen LogP contribution >= 0.6 is 0 Å². The summed E-state index contributed by atoms with van der Waals surface area (Å²) in [6.45, 7) is 12.9. The van der Waals surface area contributed by atoms with Crippen LogP contribution in [0.25, 0.3) is 0 Å². The number of nitrogens with zero attached hydrogens (tertiary/aromatic N) is 1. The SMILES string of the molecule is CC(C)CCOC(C)C(=O)NCCN(C(C)C)C1CC1. The lowest BCUT2D eigenvalue weighted by Gasteiger charge is -2.26. The largest absolute Gasteiger partial charge is 0.369 e. The zero-order valence-corrected chi connectivity index (χ0v) is 13.8. The van der Waals surface area contributed by atoms with E-state index < -0.39 is 0 Å². The molecule has 20 heavy (non-hydrogen) atoms. The molecule has 0 radical (unpaired) electrons. The molecule has 0 heterocycles. The van der Waals surface area contributed by atoms with Crippen molar-refractivity contribution >= 4 is 5.91 Å². The lowest BCUT2D eigenvalue weighted by atomic mass is 10.1. The van der Waals surface area contributed by atoms with Gasteiger partial charge in [-0.05, 0) is 46.0 Å². The average molecular weight is 284 g/mol. The number of carbonyl (C=O) groups excluding carboxylic acids is 1. The number of carbonyl (C=O) groups is 1. The molecule has 0 aliphatic heterocycles. The van der Waals surface area contributed by atoms with Gasteiger partial charge in [0.2, 0.25) is 5.91 Å². The minimum atomic E-state index is -0.345. The fourth-order valence-corrected chi connectivity index (χ4v) is 2.28. The maximum atomic E-state index is 11.9. The summed E-state index contributed by atoms with van der Waals surface area (Å²) < 4.78 is 5.55. The van der Waals surface area contributed by atoms with Crippen molar-refractivity contribution in [2.45, 2.75) is 72.1 Å². The van der Waals surface area contributed by atoms with E-state index in [1.165, 1.54) is 12.8 Å². The molecule has 1 N–H and O–H groups in total. The summed E-state index contributed by atoms with van der Waals surface area (Å²) in [5, 5.41) is 2.98. The Balaban J connectivity index is 2.14. The number of hydrogen-bond donors (Lipinski definition) is 1. The van der Waals surface area contributed by atoms with Crippen molar-refractivity contribution in [1.82, 2.24) is 10.2 Å². The van der Waals surface area contributed by atoms with Gasteiger partial charge in [-0.3, -0.25) is 9.69 Å². The van der Waals surface area contributed by atoms with E-state index in [0.29, 0.717) is 25.1 Å². The molecule has 1 fully saturated rings. The van der Waals surface area contributed by atoms with E-state index in [1.807, 2.05) is 6.92 Å². The van der Waals surface area contributed by atoms with Crippen LogP contribution in [0, 0.1) is 5.92 Å². The Kier molecular flexibility index (Phi) is 7.52. The minimum Gasteiger partial charge on any atom is -0.369 e.